The average Bonchev–Trinajstić information content (AvgIpc) is 2.72. The summed E-state index contributed by atoms with van der Waals surface area (Å²) in [7, 11) is 0. The number of carbonyl (C=O) groups is 6. The summed E-state index contributed by atoms with van der Waals surface area (Å²) in [5, 5.41) is 34.7. The third-order valence-electron chi connectivity index (χ3n) is 4.67. The van der Waals surface area contributed by atoms with Gasteiger partial charge >= 0.3 is 11.9 Å². The molecule has 0 saturated carbocycles. The van der Waals surface area contributed by atoms with Crippen LogP contribution in [-0.2, 0) is 28.8 Å². The van der Waals surface area contributed by atoms with Crippen molar-refractivity contribution in [1.29, 1.82) is 0 Å². The second-order valence-corrected chi connectivity index (χ2v) is 7.68. The van der Waals surface area contributed by atoms with Crippen LogP contribution in [0.4, 0.5) is 0 Å². The summed E-state index contributed by atoms with van der Waals surface area (Å²) in [4.78, 5) is 70.6. The van der Waals surface area contributed by atoms with Crippen molar-refractivity contribution < 1.29 is 44.1 Å². The molecular formula is C19H34N6O9. The smallest absolute Gasteiger partial charge is 0.326 e. The van der Waals surface area contributed by atoms with E-state index in [1.54, 1.807) is 0 Å². The highest BCUT2D eigenvalue weighted by Crippen LogP contribution is 2.05. The van der Waals surface area contributed by atoms with Gasteiger partial charge in [0.15, 0.2) is 0 Å². The fraction of sp³-hybridized carbons (Fsp3) is 0.684. The van der Waals surface area contributed by atoms with E-state index in [2.05, 4.69) is 16.0 Å². The van der Waals surface area contributed by atoms with Crippen LogP contribution in [0.5, 0.6) is 0 Å². The number of carboxylic acids is 2. The highest BCUT2D eigenvalue weighted by Gasteiger charge is 2.32. The molecule has 0 saturated heterocycles. The molecule has 4 amide bonds. The monoisotopic (exact) mass is 490 g/mol. The molecule has 5 unspecified atom stereocenters. The van der Waals surface area contributed by atoms with Gasteiger partial charge in [-0.2, -0.15) is 0 Å². The van der Waals surface area contributed by atoms with Gasteiger partial charge < -0.3 is 48.5 Å². The van der Waals surface area contributed by atoms with E-state index in [1.807, 2.05) is 0 Å². The van der Waals surface area contributed by atoms with Gasteiger partial charge in [0.1, 0.15) is 18.1 Å². The Morgan fingerprint density at radius 1 is 0.853 bits per heavy atom. The van der Waals surface area contributed by atoms with Gasteiger partial charge in [0.2, 0.25) is 23.6 Å². The van der Waals surface area contributed by atoms with E-state index in [1.165, 1.54) is 6.92 Å². The molecule has 0 spiro atoms. The number of hydrogen-bond acceptors (Lipinski definition) is 9. The molecule has 0 aromatic heterocycles. The van der Waals surface area contributed by atoms with E-state index in [4.69, 9.17) is 22.3 Å². The van der Waals surface area contributed by atoms with Crippen LogP contribution in [0, 0.1) is 0 Å². The molecular weight excluding hydrogens is 456 g/mol. The van der Waals surface area contributed by atoms with Crippen LogP contribution in [0.1, 0.15) is 45.4 Å². The summed E-state index contributed by atoms with van der Waals surface area (Å²) < 4.78 is 0. The Bertz CT molecular complexity index is 746. The minimum atomic E-state index is -1.61. The zero-order valence-electron chi connectivity index (χ0n) is 18.9. The Morgan fingerprint density at radius 2 is 1.44 bits per heavy atom. The molecule has 0 rings (SSSR count). The van der Waals surface area contributed by atoms with Crippen LogP contribution >= 0.6 is 0 Å². The van der Waals surface area contributed by atoms with Crippen LogP contribution in [0.3, 0.4) is 0 Å². The normalized spacial score (nSPS) is 15.2. The lowest BCUT2D eigenvalue weighted by Crippen LogP contribution is -2.59. The number of amides is 4. The van der Waals surface area contributed by atoms with Crippen molar-refractivity contribution >= 4 is 35.6 Å². The summed E-state index contributed by atoms with van der Waals surface area (Å²) in [6, 6.07) is -5.78. The maximum absolute atomic E-state index is 12.8. The van der Waals surface area contributed by atoms with Crippen LogP contribution in [0.2, 0.25) is 0 Å². The number of carbonyl (C=O) groups excluding carboxylic acids is 4. The molecule has 0 radical (unpaired) electrons. The van der Waals surface area contributed by atoms with Gasteiger partial charge in [-0.05, 0) is 39.2 Å². The number of aliphatic hydroxyl groups is 1. The van der Waals surface area contributed by atoms with E-state index in [-0.39, 0.29) is 19.3 Å². The molecule has 0 heterocycles. The second-order valence-electron chi connectivity index (χ2n) is 7.68. The quantitative estimate of drug-likeness (QED) is 0.0888. The van der Waals surface area contributed by atoms with E-state index in [0.29, 0.717) is 19.4 Å². The molecule has 0 fully saturated rings. The number of aliphatic hydroxyl groups excluding tert-OH is 1. The first-order valence-corrected chi connectivity index (χ1v) is 10.6. The molecule has 34 heavy (non-hydrogen) atoms. The second kappa shape index (κ2) is 15.5. The average molecular weight is 491 g/mol. The van der Waals surface area contributed by atoms with Crippen molar-refractivity contribution in [1.82, 2.24) is 16.0 Å². The molecule has 15 nitrogen and oxygen atoms in total. The minimum Gasteiger partial charge on any atom is -0.481 e. The number of hydrogen-bond donors (Lipinski definition) is 9. The lowest BCUT2D eigenvalue weighted by atomic mass is 10.0. The highest BCUT2D eigenvalue weighted by molar-refractivity contribution is 5.95. The molecule has 0 bridgehead atoms. The predicted molar refractivity (Wildman–Crippen MR) is 117 cm³/mol. The molecule has 0 aromatic carbocycles. The molecule has 0 aliphatic rings. The maximum Gasteiger partial charge on any atom is 0.326 e. The van der Waals surface area contributed by atoms with Crippen molar-refractivity contribution in [2.75, 3.05) is 6.54 Å². The SMILES string of the molecule is CC(O)C(NC(=O)C(CCCCN)NC(=O)C(N)CC(=O)O)C(=O)NC(CCC(N)=O)C(=O)O. The molecule has 0 aliphatic carbocycles. The minimum absolute atomic E-state index is 0.0685. The van der Waals surface area contributed by atoms with Gasteiger partial charge in [-0.1, -0.05) is 0 Å². The molecule has 194 valence electrons. The Morgan fingerprint density at radius 3 is 1.91 bits per heavy atom. The summed E-state index contributed by atoms with van der Waals surface area (Å²) in [6.07, 6.45) is -1.82. The number of nitrogens with two attached hydrogens (primary N) is 3. The summed E-state index contributed by atoms with van der Waals surface area (Å²) in [5.74, 6) is -6.40. The van der Waals surface area contributed by atoms with Gasteiger partial charge in [-0.3, -0.25) is 24.0 Å². The van der Waals surface area contributed by atoms with E-state index in [9.17, 15) is 39.0 Å². The number of primary amides is 1. The summed E-state index contributed by atoms with van der Waals surface area (Å²) in [5.41, 5.74) is 15.9. The van der Waals surface area contributed by atoms with Crippen molar-refractivity contribution in [2.45, 2.75) is 75.7 Å². The van der Waals surface area contributed by atoms with Crippen molar-refractivity contribution in [3.05, 3.63) is 0 Å². The number of carboxylic acid groups (broad SMARTS) is 2. The van der Waals surface area contributed by atoms with E-state index >= 15 is 0 Å². The van der Waals surface area contributed by atoms with Crippen LogP contribution in [0.25, 0.3) is 0 Å². The van der Waals surface area contributed by atoms with Gasteiger partial charge in [0.05, 0.1) is 18.6 Å². The lowest BCUT2D eigenvalue weighted by Gasteiger charge is -2.26. The Kier molecular flexibility index (Phi) is 14.0. The van der Waals surface area contributed by atoms with E-state index < -0.39 is 72.3 Å². The van der Waals surface area contributed by atoms with Crippen LogP contribution in [0.15, 0.2) is 0 Å². The molecule has 15 heteroatoms. The Hall–Kier alpha value is -3.30. The fourth-order valence-electron chi connectivity index (χ4n) is 2.79. The number of rotatable bonds is 17. The summed E-state index contributed by atoms with van der Waals surface area (Å²) in [6.45, 7) is 1.48. The lowest BCUT2D eigenvalue weighted by molar-refractivity contribution is -0.143. The standard InChI is InChI=1S/C19H34N6O9/c1-9(26)15(18(32)24-12(19(33)34)5-6-13(22)27)25-17(31)11(4-2-3-7-20)23-16(30)10(21)8-14(28)29/h9-12,15,26H,2-8,20-21H2,1H3,(H2,22,27)(H,23,30)(H,24,32)(H,25,31)(H,28,29)(H,33,34). The van der Waals surface area contributed by atoms with Crippen molar-refractivity contribution in [3.63, 3.8) is 0 Å². The highest BCUT2D eigenvalue weighted by atomic mass is 16.4. The summed E-state index contributed by atoms with van der Waals surface area (Å²) >= 11 is 0. The third kappa shape index (κ3) is 12.1. The topological polar surface area (TPSA) is 277 Å². The van der Waals surface area contributed by atoms with Gasteiger partial charge in [-0.15, -0.1) is 0 Å². The molecule has 5 atom stereocenters. The van der Waals surface area contributed by atoms with Gasteiger partial charge in [0.25, 0.3) is 0 Å². The van der Waals surface area contributed by atoms with Crippen molar-refractivity contribution in [2.24, 2.45) is 17.2 Å². The maximum atomic E-state index is 12.8. The zero-order valence-corrected chi connectivity index (χ0v) is 18.9. The Balaban J connectivity index is 5.44. The van der Waals surface area contributed by atoms with Crippen LogP contribution < -0.4 is 33.2 Å². The van der Waals surface area contributed by atoms with Gasteiger partial charge in [-0.25, -0.2) is 4.79 Å². The van der Waals surface area contributed by atoms with Gasteiger partial charge in [0, 0.05) is 6.42 Å². The predicted octanol–water partition coefficient (Wildman–Crippen LogP) is -3.90. The first kappa shape index (κ1) is 30.7. The largest absolute Gasteiger partial charge is 0.481 e. The number of unbranched alkanes of at least 4 members (excludes halogenated alkanes) is 1. The molecule has 0 aliphatic heterocycles. The first-order valence-electron chi connectivity index (χ1n) is 10.6. The molecule has 12 N–H and O–H groups in total. The fourth-order valence-corrected chi connectivity index (χ4v) is 2.79. The first-order chi connectivity index (χ1) is 15.8. The third-order valence-corrected chi connectivity index (χ3v) is 4.67. The molecule has 0 aromatic rings. The number of aliphatic carboxylic acids is 2. The number of nitrogens with one attached hydrogen (secondary N) is 3. The van der Waals surface area contributed by atoms with Crippen molar-refractivity contribution in [3.8, 4) is 0 Å². The zero-order chi connectivity index (χ0) is 26.4. The Labute approximate surface area is 195 Å². The van der Waals surface area contributed by atoms with E-state index in [0.717, 1.165) is 0 Å². The van der Waals surface area contributed by atoms with Crippen LogP contribution in [-0.4, -0.2) is 87.7 Å².